The van der Waals surface area contributed by atoms with E-state index in [2.05, 4.69) is 5.32 Å². The third-order valence-electron chi connectivity index (χ3n) is 5.93. The van der Waals surface area contributed by atoms with Gasteiger partial charge in [0.15, 0.2) is 0 Å². The number of benzene rings is 3. The van der Waals surface area contributed by atoms with Gasteiger partial charge in [-0.1, -0.05) is 83.3 Å². The largest absolute Gasteiger partial charge is 0.350 e. The number of nitrogens with zero attached hydrogens (tertiary/aromatic N) is 2. The van der Waals surface area contributed by atoms with Gasteiger partial charge in [-0.2, -0.15) is 0 Å². The number of nitrogens with one attached hydrogen (secondary N) is 1. The number of sulfonamides is 1. The molecule has 214 valence electrons. The fourth-order valence-corrected chi connectivity index (χ4v) is 5.71. The summed E-state index contributed by atoms with van der Waals surface area (Å²) in [7, 11) is -3.96. The number of hydrogen-bond acceptors (Lipinski definition) is 4. The Morgan fingerprint density at radius 2 is 1.52 bits per heavy atom. The summed E-state index contributed by atoms with van der Waals surface area (Å²) in [4.78, 5) is 29.2. The van der Waals surface area contributed by atoms with E-state index in [4.69, 9.17) is 34.8 Å². The molecule has 0 aromatic heterocycles. The van der Waals surface area contributed by atoms with Crippen molar-refractivity contribution in [3.8, 4) is 0 Å². The summed E-state index contributed by atoms with van der Waals surface area (Å²) in [6.07, 6.45) is 1.18. The smallest absolute Gasteiger partial charge is 0.244 e. The van der Waals surface area contributed by atoms with Crippen molar-refractivity contribution in [2.75, 3.05) is 17.1 Å². The number of rotatable bonds is 10. The highest BCUT2D eigenvalue weighted by Gasteiger charge is 2.35. The van der Waals surface area contributed by atoms with Crippen LogP contribution in [0, 0.1) is 0 Å². The minimum Gasteiger partial charge on any atom is -0.350 e. The molecule has 2 amide bonds. The van der Waals surface area contributed by atoms with Gasteiger partial charge in [-0.05, 0) is 56.2 Å². The molecule has 11 heteroatoms. The maximum absolute atomic E-state index is 14.1. The normalized spacial score (nSPS) is 12.5. The maximum Gasteiger partial charge on any atom is 0.244 e. The molecule has 0 aliphatic rings. The molecule has 0 heterocycles. The summed E-state index contributed by atoms with van der Waals surface area (Å²) in [6, 6.07) is 19.6. The Labute approximate surface area is 251 Å². The summed E-state index contributed by atoms with van der Waals surface area (Å²) in [6.45, 7) is 4.91. The Hall–Kier alpha value is -2.78. The van der Waals surface area contributed by atoms with Crippen molar-refractivity contribution in [1.29, 1.82) is 0 Å². The third kappa shape index (κ3) is 8.86. The SMILES string of the molecule is CC(C)(C)NC(=O)C(Cc1ccccc1)N(Cc1ccccc1Cl)C(=O)CN(c1ccc(Cl)cc1Cl)S(C)(=O)=O. The van der Waals surface area contributed by atoms with E-state index >= 15 is 0 Å². The highest BCUT2D eigenvalue weighted by atomic mass is 35.5. The summed E-state index contributed by atoms with van der Waals surface area (Å²) in [5, 5.41) is 3.77. The van der Waals surface area contributed by atoms with Crippen LogP contribution < -0.4 is 9.62 Å². The van der Waals surface area contributed by atoms with Crippen molar-refractivity contribution in [3.05, 3.63) is 99.0 Å². The van der Waals surface area contributed by atoms with Crippen LogP contribution in [0.15, 0.2) is 72.8 Å². The summed E-state index contributed by atoms with van der Waals surface area (Å²) < 4.78 is 26.7. The van der Waals surface area contributed by atoms with Gasteiger partial charge in [0.25, 0.3) is 0 Å². The van der Waals surface area contributed by atoms with Crippen LogP contribution in [0.1, 0.15) is 31.9 Å². The maximum atomic E-state index is 14.1. The van der Waals surface area contributed by atoms with Crippen molar-refractivity contribution in [3.63, 3.8) is 0 Å². The third-order valence-corrected chi connectivity index (χ3v) is 7.96. The average Bonchev–Trinajstić information content (AvgIpc) is 2.85. The number of halogens is 3. The van der Waals surface area contributed by atoms with Gasteiger partial charge in [0, 0.05) is 28.5 Å². The van der Waals surface area contributed by atoms with Gasteiger partial charge in [-0.3, -0.25) is 13.9 Å². The Bertz CT molecular complexity index is 1460. The number of anilines is 1. The van der Waals surface area contributed by atoms with Gasteiger partial charge < -0.3 is 10.2 Å². The van der Waals surface area contributed by atoms with Gasteiger partial charge >= 0.3 is 0 Å². The average molecular weight is 625 g/mol. The quantitative estimate of drug-likeness (QED) is 0.301. The second kappa shape index (κ2) is 13.3. The Kier molecular flexibility index (Phi) is 10.5. The minimum absolute atomic E-state index is 0.0283. The highest BCUT2D eigenvalue weighted by molar-refractivity contribution is 7.92. The van der Waals surface area contributed by atoms with Gasteiger partial charge in [-0.25, -0.2) is 8.42 Å². The lowest BCUT2D eigenvalue weighted by atomic mass is 10.0. The van der Waals surface area contributed by atoms with E-state index in [1.165, 1.54) is 23.1 Å². The van der Waals surface area contributed by atoms with E-state index in [9.17, 15) is 18.0 Å². The van der Waals surface area contributed by atoms with Crippen molar-refractivity contribution in [2.24, 2.45) is 0 Å². The first-order valence-electron chi connectivity index (χ1n) is 12.5. The van der Waals surface area contributed by atoms with Gasteiger partial charge in [0.2, 0.25) is 21.8 Å². The lowest BCUT2D eigenvalue weighted by Crippen LogP contribution is -2.56. The molecule has 1 N–H and O–H groups in total. The van der Waals surface area contributed by atoms with Crippen LogP contribution >= 0.6 is 34.8 Å². The van der Waals surface area contributed by atoms with Crippen LogP contribution in [0.25, 0.3) is 0 Å². The van der Waals surface area contributed by atoms with E-state index in [1.54, 1.807) is 24.3 Å². The van der Waals surface area contributed by atoms with Crippen molar-refractivity contribution in [2.45, 2.75) is 45.3 Å². The lowest BCUT2D eigenvalue weighted by molar-refractivity contribution is -0.140. The molecule has 1 unspecified atom stereocenters. The zero-order valence-electron chi connectivity index (χ0n) is 22.7. The zero-order chi connectivity index (χ0) is 29.7. The van der Waals surface area contributed by atoms with E-state index in [-0.39, 0.29) is 29.6 Å². The van der Waals surface area contributed by atoms with Gasteiger partial charge in [0.1, 0.15) is 12.6 Å². The van der Waals surface area contributed by atoms with Crippen LogP contribution in [0.3, 0.4) is 0 Å². The van der Waals surface area contributed by atoms with E-state index < -0.39 is 34.1 Å². The second-order valence-electron chi connectivity index (χ2n) is 10.4. The number of hydrogen-bond donors (Lipinski definition) is 1. The van der Waals surface area contributed by atoms with Crippen LogP contribution in [0.4, 0.5) is 5.69 Å². The molecule has 0 bridgehead atoms. The summed E-state index contributed by atoms with van der Waals surface area (Å²) in [5.74, 6) is -0.992. The Morgan fingerprint density at radius 3 is 2.10 bits per heavy atom. The molecule has 0 fully saturated rings. The molecule has 7 nitrogen and oxygen atoms in total. The van der Waals surface area contributed by atoms with Crippen LogP contribution in [-0.2, 0) is 32.6 Å². The first-order valence-corrected chi connectivity index (χ1v) is 15.5. The first-order chi connectivity index (χ1) is 18.7. The molecule has 0 saturated heterocycles. The molecule has 3 rings (SSSR count). The zero-order valence-corrected chi connectivity index (χ0v) is 25.8. The number of carbonyl (C=O) groups is 2. The van der Waals surface area contributed by atoms with E-state index in [1.807, 2.05) is 51.1 Å². The Morgan fingerprint density at radius 1 is 0.900 bits per heavy atom. The lowest BCUT2D eigenvalue weighted by Gasteiger charge is -2.35. The van der Waals surface area contributed by atoms with E-state index in [0.717, 1.165) is 16.1 Å². The van der Waals surface area contributed by atoms with Crippen molar-refractivity contribution < 1.29 is 18.0 Å². The molecule has 1 atom stereocenters. The summed E-state index contributed by atoms with van der Waals surface area (Å²) in [5.41, 5.74) is 0.947. The molecule has 0 saturated carbocycles. The van der Waals surface area contributed by atoms with Crippen LogP contribution in [0.2, 0.25) is 15.1 Å². The molecular formula is C29H32Cl3N3O4S. The molecular weight excluding hydrogens is 593 g/mol. The number of amides is 2. The molecule has 0 spiro atoms. The molecule has 0 aliphatic carbocycles. The topological polar surface area (TPSA) is 86.8 Å². The van der Waals surface area contributed by atoms with Gasteiger partial charge in [-0.15, -0.1) is 0 Å². The fraction of sp³-hybridized carbons (Fsp3) is 0.310. The minimum atomic E-state index is -3.96. The molecule has 40 heavy (non-hydrogen) atoms. The molecule has 3 aromatic rings. The van der Waals surface area contributed by atoms with Crippen LogP contribution in [-0.4, -0.2) is 49.5 Å². The predicted octanol–water partition coefficient (Wildman–Crippen LogP) is 5.97. The highest BCUT2D eigenvalue weighted by Crippen LogP contribution is 2.31. The van der Waals surface area contributed by atoms with Crippen molar-refractivity contribution >= 4 is 62.3 Å². The van der Waals surface area contributed by atoms with Gasteiger partial charge in [0.05, 0.1) is 17.0 Å². The monoisotopic (exact) mass is 623 g/mol. The Balaban J connectivity index is 2.10. The fourth-order valence-electron chi connectivity index (χ4n) is 4.10. The second-order valence-corrected chi connectivity index (χ2v) is 13.6. The number of carbonyl (C=O) groups excluding carboxylic acids is 2. The van der Waals surface area contributed by atoms with Crippen molar-refractivity contribution in [1.82, 2.24) is 10.2 Å². The van der Waals surface area contributed by atoms with Crippen LogP contribution in [0.5, 0.6) is 0 Å². The molecule has 0 aliphatic heterocycles. The predicted molar refractivity (Wildman–Crippen MR) is 162 cm³/mol. The first kappa shape index (κ1) is 31.7. The standard InChI is InChI=1S/C29H32Cl3N3O4S/c1-29(2,3)33-28(37)26(16-20-10-6-5-7-11-20)34(18-21-12-8-9-13-23(21)31)27(36)19-35(40(4,38)39)25-15-14-22(30)17-24(25)32/h5-15,17,26H,16,18-19H2,1-4H3,(H,33,37). The van der Waals surface area contributed by atoms with E-state index in [0.29, 0.717) is 15.6 Å². The molecule has 0 radical (unpaired) electrons. The molecule has 3 aromatic carbocycles. The summed E-state index contributed by atoms with van der Waals surface area (Å²) >= 11 is 18.8.